The van der Waals surface area contributed by atoms with Gasteiger partial charge in [0.25, 0.3) is 0 Å². The van der Waals surface area contributed by atoms with E-state index in [-0.39, 0.29) is 10.0 Å². The summed E-state index contributed by atoms with van der Waals surface area (Å²) in [6, 6.07) is 8.48. The number of thiazole rings is 1. The molecule has 0 aliphatic heterocycles. The molecule has 6 heteroatoms. The van der Waals surface area contributed by atoms with E-state index in [1.54, 1.807) is 0 Å². The van der Waals surface area contributed by atoms with E-state index in [4.69, 9.17) is 23.2 Å². The molecule has 0 radical (unpaired) electrons. The zero-order chi connectivity index (χ0) is 14.3. The Hall–Kier alpha value is -1.36. The smallest absolute Gasteiger partial charge is 0.188 e. The molecule has 2 aromatic carbocycles. The van der Waals surface area contributed by atoms with E-state index in [9.17, 15) is 4.39 Å². The topological polar surface area (TPSA) is 24.9 Å². The Morgan fingerprint density at radius 2 is 1.85 bits per heavy atom. The largest absolute Gasteiger partial charge is 0.329 e. The quantitative estimate of drug-likeness (QED) is 0.644. The molecule has 0 atom stereocenters. The van der Waals surface area contributed by atoms with Crippen LogP contribution in [-0.4, -0.2) is 4.98 Å². The highest BCUT2D eigenvalue weighted by Crippen LogP contribution is 2.36. The van der Waals surface area contributed by atoms with Crippen molar-refractivity contribution in [2.45, 2.75) is 6.92 Å². The standard InChI is InChI=1S/C14H9Cl2FN2S/c1-7-2-3-12-11(4-7)18-14(20-12)19-13-9(15)5-8(17)6-10(13)16/h2-6H,1H3,(H,18,19). The van der Waals surface area contributed by atoms with Crippen molar-refractivity contribution >= 4 is 55.6 Å². The Bertz CT molecular complexity index is 778. The lowest BCUT2D eigenvalue weighted by Crippen LogP contribution is -1.92. The van der Waals surface area contributed by atoms with E-state index in [0.29, 0.717) is 10.8 Å². The van der Waals surface area contributed by atoms with Crippen molar-refractivity contribution in [3.05, 3.63) is 51.8 Å². The Balaban J connectivity index is 2.01. The summed E-state index contributed by atoms with van der Waals surface area (Å²) in [5, 5.41) is 4.18. The molecule has 3 rings (SSSR count). The van der Waals surface area contributed by atoms with Gasteiger partial charge < -0.3 is 5.32 Å². The van der Waals surface area contributed by atoms with Crippen LogP contribution < -0.4 is 5.32 Å². The number of halogens is 3. The molecule has 3 aromatic rings. The van der Waals surface area contributed by atoms with Crippen molar-refractivity contribution in [1.29, 1.82) is 0 Å². The Morgan fingerprint density at radius 1 is 1.15 bits per heavy atom. The first-order valence-corrected chi connectivity index (χ1v) is 7.39. The minimum Gasteiger partial charge on any atom is -0.329 e. The van der Waals surface area contributed by atoms with Crippen LogP contribution in [0, 0.1) is 12.7 Å². The predicted molar refractivity (Wildman–Crippen MR) is 84.1 cm³/mol. The van der Waals surface area contributed by atoms with Crippen LogP contribution in [0.4, 0.5) is 15.2 Å². The van der Waals surface area contributed by atoms with E-state index in [2.05, 4.69) is 10.3 Å². The Kier molecular flexibility index (Phi) is 3.54. The summed E-state index contributed by atoms with van der Waals surface area (Å²) in [5.41, 5.74) is 2.52. The van der Waals surface area contributed by atoms with Gasteiger partial charge in [0.2, 0.25) is 0 Å². The van der Waals surface area contributed by atoms with Crippen molar-refractivity contribution in [2.75, 3.05) is 5.32 Å². The number of aryl methyl sites for hydroxylation is 1. The maximum absolute atomic E-state index is 13.1. The van der Waals surface area contributed by atoms with Crippen LogP contribution in [0.2, 0.25) is 10.0 Å². The van der Waals surface area contributed by atoms with Crippen LogP contribution in [0.5, 0.6) is 0 Å². The van der Waals surface area contributed by atoms with Gasteiger partial charge in [0.15, 0.2) is 5.13 Å². The van der Waals surface area contributed by atoms with E-state index in [1.807, 2.05) is 25.1 Å². The van der Waals surface area contributed by atoms with Gasteiger partial charge in [0, 0.05) is 0 Å². The van der Waals surface area contributed by atoms with Crippen LogP contribution in [0.3, 0.4) is 0 Å². The van der Waals surface area contributed by atoms with Crippen molar-refractivity contribution < 1.29 is 4.39 Å². The SMILES string of the molecule is Cc1ccc2sc(Nc3c(Cl)cc(F)cc3Cl)nc2c1. The summed E-state index contributed by atoms with van der Waals surface area (Å²) in [5.74, 6) is -0.467. The average Bonchev–Trinajstić information content (AvgIpc) is 2.75. The number of nitrogens with zero attached hydrogens (tertiary/aromatic N) is 1. The molecular weight excluding hydrogens is 318 g/mol. The summed E-state index contributed by atoms with van der Waals surface area (Å²) >= 11 is 13.5. The van der Waals surface area contributed by atoms with Gasteiger partial charge in [-0.2, -0.15) is 0 Å². The second-order valence-corrected chi connectivity index (χ2v) is 6.20. The number of aromatic nitrogens is 1. The predicted octanol–water partition coefficient (Wildman–Crippen LogP) is 5.79. The fourth-order valence-corrected chi connectivity index (χ4v) is 3.27. The van der Waals surface area contributed by atoms with Gasteiger partial charge in [-0.25, -0.2) is 9.37 Å². The van der Waals surface area contributed by atoms with Gasteiger partial charge in [-0.15, -0.1) is 0 Å². The zero-order valence-corrected chi connectivity index (χ0v) is 12.7. The Morgan fingerprint density at radius 3 is 2.55 bits per heavy atom. The minimum absolute atomic E-state index is 0.227. The molecule has 102 valence electrons. The highest BCUT2D eigenvalue weighted by Gasteiger charge is 2.11. The summed E-state index contributed by atoms with van der Waals surface area (Å²) in [7, 11) is 0. The molecule has 0 spiro atoms. The number of nitrogens with one attached hydrogen (secondary N) is 1. The fourth-order valence-electron chi connectivity index (χ4n) is 1.86. The summed E-state index contributed by atoms with van der Waals surface area (Å²) < 4.78 is 14.2. The van der Waals surface area contributed by atoms with Gasteiger partial charge in [-0.3, -0.25) is 0 Å². The normalized spacial score (nSPS) is 11.0. The molecule has 0 aliphatic rings. The second kappa shape index (κ2) is 5.20. The minimum atomic E-state index is -0.467. The maximum atomic E-state index is 13.1. The first-order chi connectivity index (χ1) is 9.52. The van der Waals surface area contributed by atoms with Crippen molar-refractivity contribution in [1.82, 2.24) is 4.98 Å². The molecule has 1 aromatic heterocycles. The first-order valence-electron chi connectivity index (χ1n) is 5.82. The molecule has 1 N–H and O–H groups in total. The van der Waals surface area contributed by atoms with Crippen LogP contribution in [-0.2, 0) is 0 Å². The van der Waals surface area contributed by atoms with Crippen molar-refractivity contribution in [2.24, 2.45) is 0 Å². The molecule has 0 fully saturated rings. The van der Waals surface area contributed by atoms with E-state index >= 15 is 0 Å². The van der Waals surface area contributed by atoms with Gasteiger partial charge in [0.1, 0.15) is 5.82 Å². The maximum Gasteiger partial charge on any atom is 0.188 e. The number of fused-ring (bicyclic) bond motifs is 1. The molecule has 0 saturated heterocycles. The van der Waals surface area contributed by atoms with Crippen LogP contribution in [0.1, 0.15) is 5.56 Å². The number of benzene rings is 2. The molecule has 0 aliphatic carbocycles. The second-order valence-electron chi connectivity index (χ2n) is 4.36. The fraction of sp³-hybridized carbons (Fsp3) is 0.0714. The number of rotatable bonds is 2. The van der Waals surface area contributed by atoms with Gasteiger partial charge in [-0.05, 0) is 36.8 Å². The van der Waals surface area contributed by atoms with Gasteiger partial charge in [0.05, 0.1) is 25.9 Å². The lowest BCUT2D eigenvalue weighted by atomic mass is 10.2. The lowest BCUT2D eigenvalue weighted by Gasteiger charge is -2.07. The molecule has 2 nitrogen and oxygen atoms in total. The van der Waals surface area contributed by atoms with Crippen LogP contribution in [0.15, 0.2) is 30.3 Å². The zero-order valence-electron chi connectivity index (χ0n) is 10.4. The monoisotopic (exact) mass is 326 g/mol. The van der Waals surface area contributed by atoms with Crippen molar-refractivity contribution in [3.63, 3.8) is 0 Å². The molecule has 0 unspecified atom stereocenters. The van der Waals surface area contributed by atoms with Crippen LogP contribution in [0.25, 0.3) is 10.2 Å². The third kappa shape index (κ3) is 2.59. The molecular formula is C14H9Cl2FN2S. The van der Waals surface area contributed by atoms with Gasteiger partial charge >= 0.3 is 0 Å². The van der Waals surface area contributed by atoms with Crippen molar-refractivity contribution in [3.8, 4) is 0 Å². The third-order valence-corrected chi connectivity index (χ3v) is 4.33. The summed E-state index contributed by atoms with van der Waals surface area (Å²) in [6.07, 6.45) is 0. The molecule has 0 amide bonds. The lowest BCUT2D eigenvalue weighted by molar-refractivity contribution is 0.628. The van der Waals surface area contributed by atoms with E-state index in [0.717, 1.165) is 15.8 Å². The van der Waals surface area contributed by atoms with E-state index < -0.39 is 5.82 Å². The number of hydrogen-bond donors (Lipinski definition) is 1. The molecule has 0 saturated carbocycles. The number of hydrogen-bond acceptors (Lipinski definition) is 3. The summed E-state index contributed by atoms with van der Waals surface area (Å²) in [6.45, 7) is 2.01. The molecule has 0 bridgehead atoms. The molecule has 20 heavy (non-hydrogen) atoms. The average molecular weight is 327 g/mol. The van der Waals surface area contributed by atoms with Gasteiger partial charge in [-0.1, -0.05) is 40.6 Å². The highest BCUT2D eigenvalue weighted by molar-refractivity contribution is 7.22. The number of anilines is 2. The Labute approximate surface area is 129 Å². The molecule has 1 heterocycles. The third-order valence-electron chi connectivity index (χ3n) is 2.78. The van der Waals surface area contributed by atoms with E-state index in [1.165, 1.54) is 23.5 Å². The highest BCUT2D eigenvalue weighted by atomic mass is 35.5. The van der Waals surface area contributed by atoms with Crippen LogP contribution >= 0.6 is 34.5 Å². The first kappa shape index (κ1) is 13.6. The summed E-state index contributed by atoms with van der Waals surface area (Å²) in [4.78, 5) is 4.47.